The second-order valence-electron chi connectivity index (χ2n) is 7.92. The molecule has 3 aromatic rings. The van der Waals surface area contributed by atoms with Gasteiger partial charge in [-0.3, -0.25) is 14.2 Å². The quantitative estimate of drug-likeness (QED) is 0.410. The van der Waals surface area contributed by atoms with E-state index in [2.05, 4.69) is 25.1 Å². The van der Waals surface area contributed by atoms with Crippen LogP contribution in [0.2, 0.25) is 5.02 Å². The molecule has 0 spiro atoms. The van der Waals surface area contributed by atoms with Crippen molar-refractivity contribution in [2.45, 2.75) is 31.6 Å². The molecule has 0 N–H and O–H groups in total. The first-order valence-corrected chi connectivity index (χ1v) is 13.1. The first-order valence-electron chi connectivity index (χ1n) is 10.3. The maximum atomic E-state index is 13.4. The first kappa shape index (κ1) is 23.5. The number of pyridine rings is 1. The van der Waals surface area contributed by atoms with E-state index < -0.39 is 22.3 Å². The summed E-state index contributed by atoms with van der Waals surface area (Å²) in [4.78, 5) is 10.7. The second kappa shape index (κ2) is 9.41. The predicted molar refractivity (Wildman–Crippen MR) is 119 cm³/mol. The zero-order valence-corrected chi connectivity index (χ0v) is 19.9. The number of nitrogens with zero attached hydrogens (tertiary/aromatic N) is 6. The number of halogens is 3. The highest BCUT2D eigenvalue weighted by Crippen LogP contribution is 2.31. The Labute approximate surface area is 202 Å². The number of anilines is 1. The average molecular weight is 533 g/mol. The van der Waals surface area contributed by atoms with E-state index in [9.17, 15) is 17.2 Å². The normalized spacial score (nSPS) is 20.5. The molecular weight excluding hydrogens is 514 g/mol. The fraction of sp³-hybridized carbons (Fsp3) is 0.474. The molecule has 6 heterocycles. The number of hydrogen-bond acceptors (Lipinski definition) is 10. The Morgan fingerprint density at radius 2 is 2.00 bits per heavy atom. The van der Waals surface area contributed by atoms with Crippen molar-refractivity contribution in [1.82, 2.24) is 25.1 Å². The van der Waals surface area contributed by atoms with Crippen LogP contribution in [0.5, 0.6) is 0 Å². The number of aromatic nitrogens is 4. The molecule has 6 rings (SSSR count). The number of sulfonamides is 1. The van der Waals surface area contributed by atoms with Gasteiger partial charge in [0.25, 0.3) is 11.8 Å². The van der Waals surface area contributed by atoms with Crippen molar-refractivity contribution < 1.29 is 26.4 Å². The minimum atomic E-state index is -3.79. The summed E-state index contributed by atoms with van der Waals surface area (Å²) in [6, 6.07) is 1.51. The van der Waals surface area contributed by atoms with Crippen LogP contribution in [-0.2, 0) is 21.3 Å². The smallest absolute Gasteiger partial charge is 0.314 e. The van der Waals surface area contributed by atoms with Crippen molar-refractivity contribution in [3.8, 4) is 10.8 Å². The Kier molecular flexibility index (Phi) is 6.50. The zero-order chi connectivity index (χ0) is 23.9. The fourth-order valence-corrected chi connectivity index (χ4v) is 6.42. The van der Waals surface area contributed by atoms with E-state index >= 15 is 0 Å². The first-order chi connectivity index (χ1) is 16.3. The van der Waals surface area contributed by atoms with Gasteiger partial charge in [-0.25, -0.2) is 13.4 Å². The van der Waals surface area contributed by atoms with Gasteiger partial charge in [0.2, 0.25) is 10.0 Å². The Hall–Kier alpha value is -2.26. The van der Waals surface area contributed by atoms with Crippen molar-refractivity contribution in [1.29, 1.82) is 0 Å². The van der Waals surface area contributed by atoms with E-state index in [0.29, 0.717) is 35.2 Å². The lowest BCUT2D eigenvalue weighted by molar-refractivity contribution is -0.179. The van der Waals surface area contributed by atoms with Crippen LogP contribution in [0.15, 0.2) is 29.1 Å². The average Bonchev–Trinajstić information content (AvgIpc) is 3.45. The molecule has 0 aromatic carbocycles. The number of hydrogen-bond donors (Lipinski definition) is 0. The molecule has 34 heavy (non-hydrogen) atoms. The van der Waals surface area contributed by atoms with Gasteiger partial charge in [0.1, 0.15) is 9.88 Å². The van der Waals surface area contributed by atoms with Crippen LogP contribution in [-0.4, -0.2) is 71.1 Å². The molecular formula is C19H19ClF2N6O4S2. The molecule has 3 saturated heterocycles. The molecule has 3 aliphatic heterocycles. The number of rotatable bonds is 9. The van der Waals surface area contributed by atoms with Gasteiger partial charge < -0.3 is 9.15 Å². The molecule has 182 valence electrons. The van der Waals surface area contributed by atoms with Gasteiger partial charge in [0, 0.05) is 32.3 Å². The third-order valence-corrected chi connectivity index (χ3v) is 8.37. The van der Waals surface area contributed by atoms with E-state index in [1.165, 1.54) is 29.0 Å². The summed E-state index contributed by atoms with van der Waals surface area (Å²) in [6.07, 6.45) is 2.69. The number of fused-ring (bicyclic) bond motifs is 2. The highest BCUT2D eigenvalue weighted by atomic mass is 35.5. The Morgan fingerprint density at radius 1 is 1.24 bits per heavy atom. The van der Waals surface area contributed by atoms with Gasteiger partial charge in [0.05, 0.1) is 47.6 Å². The standard InChI is InChI=1S/C19H19ClF2N6O4S2/c20-11-3-12(6-23-5-11)28(34(29,30)2-1-27-8-13-4-14(9-27)31-13)10-16-24-7-15(33-16)18-25-26-19(32-18)17(21)22/h3,5-7,13-14,17H,1-2,4,8-10H2. The van der Waals surface area contributed by atoms with E-state index in [-0.39, 0.29) is 35.4 Å². The second-order valence-corrected chi connectivity index (χ2v) is 11.5. The monoisotopic (exact) mass is 532 g/mol. The van der Waals surface area contributed by atoms with E-state index in [1.54, 1.807) is 0 Å². The van der Waals surface area contributed by atoms with Crippen molar-refractivity contribution >= 4 is 38.6 Å². The van der Waals surface area contributed by atoms with Crippen molar-refractivity contribution in [3.63, 3.8) is 0 Å². The van der Waals surface area contributed by atoms with Crippen LogP contribution in [0.1, 0.15) is 23.7 Å². The van der Waals surface area contributed by atoms with Crippen LogP contribution < -0.4 is 4.31 Å². The van der Waals surface area contributed by atoms with Crippen molar-refractivity contribution in [3.05, 3.63) is 40.6 Å². The van der Waals surface area contributed by atoms with Crippen LogP contribution in [0, 0.1) is 0 Å². The maximum Gasteiger partial charge on any atom is 0.314 e. The molecule has 10 nitrogen and oxygen atoms in total. The lowest BCUT2D eigenvalue weighted by Crippen LogP contribution is -2.58. The molecule has 3 aromatic heterocycles. The Morgan fingerprint density at radius 3 is 2.68 bits per heavy atom. The van der Waals surface area contributed by atoms with E-state index in [1.807, 2.05) is 0 Å². The lowest BCUT2D eigenvalue weighted by Gasteiger charge is -2.47. The molecule has 2 atom stereocenters. The highest BCUT2D eigenvalue weighted by Gasteiger charge is 2.38. The lowest BCUT2D eigenvalue weighted by atomic mass is 9.99. The number of morpholine rings is 1. The van der Waals surface area contributed by atoms with E-state index in [0.717, 1.165) is 17.8 Å². The third-order valence-electron chi connectivity index (χ3n) is 5.48. The summed E-state index contributed by atoms with van der Waals surface area (Å²) in [7, 11) is -3.79. The van der Waals surface area contributed by atoms with Crippen LogP contribution in [0.3, 0.4) is 0 Å². The summed E-state index contributed by atoms with van der Waals surface area (Å²) < 4.78 is 64.0. The third kappa shape index (κ3) is 5.05. The predicted octanol–water partition coefficient (Wildman–Crippen LogP) is 2.99. The number of alkyl halides is 2. The number of ether oxygens (including phenoxy) is 1. The summed E-state index contributed by atoms with van der Waals surface area (Å²) in [5.74, 6) is -1.01. The molecule has 0 aliphatic carbocycles. The molecule has 0 radical (unpaired) electrons. The Balaban J connectivity index is 1.35. The molecule has 2 unspecified atom stereocenters. The Bertz CT molecular complexity index is 1260. The SMILES string of the molecule is O=S(=O)(CCN1CC2CC(C1)O2)N(Cc1ncc(-c2nnc(C(F)F)o2)s1)c1cncc(Cl)c1. The van der Waals surface area contributed by atoms with Crippen molar-refractivity contribution in [2.75, 3.05) is 29.7 Å². The van der Waals surface area contributed by atoms with Gasteiger partial charge in [-0.1, -0.05) is 11.6 Å². The van der Waals surface area contributed by atoms with Gasteiger partial charge in [-0.2, -0.15) is 8.78 Å². The minimum Gasteiger partial charge on any atom is -0.414 e. The van der Waals surface area contributed by atoms with Gasteiger partial charge in [-0.15, -0.1) is 21.5 Å². The highest BCUT2D eigenvalue weighted by molar-refractivity contribution is 7.92. The number of thiazole rings is 1. The van der Waals surface area contributed by atoms with Crippen LogP contribution >= 0.6 is 22.9 Å². The molecule has 3 aliphatic rings. The minimum absolute atomic E-state index is 0.0980. The topological polar surface area (TPSA) is 115 Å². The van der Waals surface area contributed by atoms with Gasteiger partial charge in [-0.05, 0) is 6.07 Å². The zero-order valence-electron chi connectivity index (χ0n) is 17.6. The van der Waals surface area contributed by atoms with Crippen LogP contribution in [0.4, 0.5) is 14.5 Å². The summed E-state index contributed by atoms with van der Waals surface area (Å²) in [5.41, 5.74) is 0.298. The maximum absolute atomic E-state index is 13.4. The van der Waals surface area contributed by atoms with Gasteiger partial charge in [0.15, 0.2) is 0 Å². The summed E-state index contributed by atoms with van der Waals surface area (Å²) in [5, 5.41) is 7.61. The summed E-state index contributed by atoms with van der Waals surface area (Å²) in [6.45, 7) is 1.70. The fourth-order valence-electron chi connectivity index (χ4n) is 3.89. The molecule has 0 saturated carbocycles. The van der Waals surface area contributed by atoms with Crippen molar-refractivity contribution in [2.24, 2.45) is 0 Å². The number of piperidine rings is 1. The van der Waals surface area contributed by atoms with Crippen LogP contribution in [0.25, 0.3) is 10.8 Å². The largest absolute Gasteiger partial charge is 0.414 e. The molecule has 0 amide bonds. The summed E-state index contributed by atoms with van der Waals surface area (Å²) >= 11 is 7.13. The van der Waals surface area contributed by atoms with Gasteiger partial charge >= 0.3 is 6.43 Å². The molecule has 3 fully saturated rings. The molecule has 15 heteroatoms. The van der Waals surface area contributed by atoms with E-state index in [4.69, 9.17) is 20.8 Å². The molecule has 2 bridgehead atoms.